The zero-order valence-corrected chi connectivity index (χ0v) is 11.6. The van der Waals surface area contributed by atoms with Crippen LogP contribution in [0.5, 0.6) is 0 Å². The van der Waals surface area contributed by atoms with Crippen LogP contribution in [0.2, 0.25) is 0 Å². The van der Waals surface area contributed by atoms with Crippen molar-refractivity contribution in [3.63, 3.8) is 0 Å². The number of aryl methyl sites for hydroxylation is 1. The van der Waals surface area contributed by atoms with Gasteiger partial charge in [-0.3, -0.25) is 14.4 Å². The van der Waals surface area contributed by atoms with Gasteiger partial charge in [0.05, 0.1) is 11.1 Å². The third-order valence-corrected chi connectivity index (χ3v) is 3.25. The number of fused-ring (bicyclic) bond motifs is 1. The molecule has 0 fully saturated rings. The van der Waals surface area contributed by atoms with Gasteiger partial charge in [0, 0.05) is 31.5 Å². The number of aromatic nitrogens is 1. The maximum atomic E-state index is 12.2. The number of aliphatic carboxylic acids is 1. The number of para-hydroxylation sites is 1. The molecule has 1 heterocycles. The number of rotatable bonds is 5. The number of carbonyl (C=O) groups excluding carboxylic acids is 1. The number of carboxylic acid groups (broad SMARTS) is 1. The first-order valence-corrected chi connectivity index (χ1v) is 6.59. The summed E-state index contributed by atoms with van der Waals surface area (Å²) in [6, 6.07) is 8.46. The average molecular weight is 288 g/mol. The first-order chi connectivity index (χ1) is 10.0. The first-order valence-electron chi connectivity index (χ1n) is 6.59. The highest BCUT2D eigenvalue weighted by atomic mass is 16.4. The second-order valence-electron chi connectivity index (χ2n) is 4.73. The Labute approximate surface area is 121 Å². The van der Waals surface area contributed by atoms with Crippen molar-refractivity contribution < 1.29 is 14.7 Å². The molecule has 1 amide bonds. The van der Waals surface area contributed by atoms with Crippen LogP contribution in [-0.2, 0) is 11.8 Å². The van der Waals surface area contributed by atoms with E-state index in [2.05, 4.69) is 5.32 Å². The van der Waals surface area contributed by atoms with Crippen LogP contribution >= 0.6 is 0 Å². The van der Waals surface area contributed by atoms with E-state index in [0.29, 0.717) is 22.9 Å². The van der Waals surface area contributed by atoms with Crippen LogP contribution in [-0.4, -0.2) is 28.1 Å². The van der Waals surface area contributed by atoms with Crippen LogP contribution in [0.25, 0.3) is 10.9 Å². The molecule has 6 heteroatoms. The van der Waals surface area contributed by atoms with Crippen molar-refractivity contribution in [2.75, 3.05) is 6.54 Å². The Kier molecular flexibility index (Phi) is 4.37. The molecule has 0 atom stereocenters. The summed E-state index contributed by atoms with van der Waals surface area (Å²) in [4.78, 5) is 34.5. The lowest BCUT2D eigenvalue weighted by molar-refractivity contribution is -0.137. The lowest BCUT2D eigenvalue weighted by Crippen LogP contribution is -2.28. The lowest BCUT2D eigenvalue weighted by atomic mass is 10.1. The summed E-state index contributed by atoms with van der Waals surface area (Å²) < 4.78 is 1.48. The van der Waals surface area contributed by atoms with Gasteiger partial charge in [-0.1, -0.05) is 18.2 Å². The van der Waals surface area contributed by atoms with Gasteiger partial charge in [-0.25, -0.2) is 0 Å². The molecule has 0 saturated carbocycles. The van der Waals surface area contributed by atoms with Gasteiger partial charge in [0.1, 0.15) is 0 Å². The van der Waals surface area contributed by atoms with Crippen molar-refractivity contribution in [2.24, 2.45) is 7.05 Å². The van der Waals surface area contributed by atoms with Crippen LogP contribution in [0.3, 0.4) is 0 Å². The SMILES string of the molecule is Cn1c(=O)cc(C(=O)NCCCC(=O)O)c2ccccc21. The minimum absolute atomic E-state index is 0.00240. The highest BCUT2D eigenvalue weighted by molar-refractivity contribution is 6.06. The largest absolute Gasteiger partial charge is 0.481 e. The van der Waals surface area contributed by atoms with Crippen molar-refractivity contribution in [1.29, 1.82) is 0 Å². The van der Waals surface area contributed by atoms with Crippen molar-refractivity contribution in [2.45, 2.75) is 12.8 Å². The molecule has 0 aliphatic heterocycles. The van der Waals surface area contributed by atoms with E-state index in [1.54, 1.807) is 31.3 Å². The lowest BCUT2D eigenvalue weighted by Gasteiger charge is -2.10. The maximum Gasteiger partial charge on any atom is 0.303 e. The molecule has 6 nitrogen and oxygen atoms in total. The van der Waals surface area contributed by atoms with Crippen molar-refractivity contribution >= 4 is 22.8 Å². The number of hydrogen-bond donors (Lipinski definition) is 2. The molecular formula is C15H16N2O4. The fourth-order valence-electron chi connectivity index (χ4n) is 2.14. The molecule has 0 aliphatic carbocycles. The zero-order valence-electron chi connectivity index (χ0n) is 11.6. The van der Waals surface area contributed by atoms with Gasteiger partial charge in [0.25, 0.3) is 11.5 Å². The smallest absolute Gasteiger partial charge is 0.303 e. The van der Waals surface area contributed by atoms with Gasteiger partial charge in [0.2, 0.25) is 0 Å². The van der Waals surface area contributed by atoms with Crippen LogP contribution in [0.15, 0.2) is 35.1 Å². The quantitative estimate of drug-likeness (QED) is 0.807. The average Bonchev–Trinajstić information content (AvgIpc) is 2.47. The van der Waals surface area contributed by atoms with Crippen molar-refractivity contribution in [3.05, 3.63) is 46.2 Å². The van der Waals surface area contributed by atoms with E-state index >= 15 is 0 Å². The number of carbonyl (C=O) groups is 2. The molecule has 0 saturated heterocycles. The summed E-state index contributed by atoms with van der Waals surface area (Å²) in [5, 5.41) is 11.9. The molecule has 21 heavy (non-hydrogen) atoms. The van der Waals surface area contributed by atoms with E-state index in [1.165, 1.54) is 10.6 Å². The Balaban J connectivity index is 2.25. The number of nitrogens with zero attached hydrogens (tertiary/aromatic N) is 1. The molecule has 1 aromatic carbocycles. The first kappa shape index (κ1) is 14.8. The number of amides is 1. The molecule has 0 bridgehead atoms. The summed E-state index contributed by atoms with van der Waals surface area (Å²) in [5.41, 5.74) is 0.731. The molecule has 0 aliphatic rings. The Hall–Kier alpha value is -2.63. The Morgan fingerprint density at radius 2 is 2.00 bits per heavy atom. The van der Waals surface area contributed by atoms with Crippen LogP contribution in [0.4, 0.5) is 0 Å². The molecule has 1 aromatic heterocycles. The molecule has 2 N–H and O–H groups in total. The third kappa shape index (κ3) is 3.28. The number of benzene rings is 1. The summed E-state index contributed by atoms with van der Waals surface area (Å²) in [6.07, 6.45) is 0.349. The van der Waals surface area contributed by atoms with E-state index in [9.17, 15) is 14.4 Å². The predicted octanol–water partition coefficient (Wildman–Crippen LogP) is 1.13. The highest BCUT2D eigenvalue weighted by Gasteiger charge is 2.12. The van der Waals surface area contributed by atoms with Crippen LogP contribution < -0.4 is 10.9 Å². The van der Waals surface area contributed by atoms with Gasteiger partial charge >= 0.3 is 5.97 Å². The highest BCUT2D eigenvalue weighted by Crippen LogP contribution is 2.15. The molecule has 2 aromatic rings. The summed E-state index contributed by atoms with van der Waals surface area (Å²) >= 11 is 0. The van der Waals surface area contributed by atoms with E-state index < -0.39 is 5.97 Å². The van der Waals surface area contributed by atoms with Crippen LogP contribution in [0.1, 0.15) is 23.2 Å². The second kappa shape index (κ2) is 6.21. The molecule has 110 valence electrons. The zero-order chi connectivity index (χ0) is 15.4. The minimum atomic E-state index is -0.900. The van der Waals surface area contributed by atoms with E-state index in [1.807, 2.05) is 0 Å². The molecule has 2 rings (SSSR count). The topological polar surface area (TPSA) is 88.4 Å². The minimum Gasteiger partial charge on any atom is -0.481 e. The molecule has 0 spiro atoms. The van der Waals surface area contributed by atoms with Gasteiger partial charge < -0.3 is 15.0 Å². The maximum absolute atomic E-state index is 12.2. The van der Waals surface area contributed by atoms with E-state index in [-0.39, 0.29) is 24.4 Å². The summed E-state index contributed by atoms with van der Waals surface area (Å²) in [5.74, 6) is -1.27. The Bertz CT molecular complexity index is 749. The third-order valence-electron chi connectivity index (χ3n) is 3.25. The Morgan fingerprint density at radius 3 is 2.71 bits per heavy atom. The van der Waals surface area contributed by atoms with Gasteiger partial charge in [-0.05, 0) is 12.5 Å². The standard InChI is InChI=1S/C15H16N2O4/c1-17-12-6-3-2-5-10(12)11(9-13(17)18)15(21)16-8-4-7-14(19)20/h2-3,5-6,9H,4,7-8H2,1H3,(H,16,21)(H,19,20). The van der Waals surface area contributed by atoms with Crippen molar-refractivity contribution in [1.82, 2.24) is 9.88 Å². The number of carboxylic acids is 1. The number of nitrogens with one attached hydrogen (secondary N) is 1. The van der Waals surface area contributed by atoms with Gasteiger partial charge in [-0.15, -0.1) is 0 Å². The fourth-order valence-corrected chi connectivity index (χ4v) is 2.14. The number of hydrogen-bond acceptors (Lipinski definition) is 3. The van der Waals surface area contributed by atoms with Crippen molar-refractivity contribution in [3.8, 4) is 0 Å². The molecule has 0 radical (unpaired) electrons. The molecule has 0 unspecified atom stereocenters. The number of pyridine rings is 1. The summed E-state index contributed by atoms with van der Waals surface area (Å²) in [6.45, 7) is 0.259. The van der Waals surface area contributed by atoms with E-state index in [4.69, 9.17) is 5.11 Å². The van der Waals surface area contributed by atoms with Gasteiger partial charge in [0.15, 0.2) is 0 Å². The second-order valence-corrected chi connectivity index (χ2v) is 4.73. The predicted molar refractivity (Wildman–Crippen MR) is 78.4 cm³/mol. The summed E-state index contributed by atoms with van der Waals surface area (Å²) in [7, 11) is 1.65. The van der Waals surface area contributed by atoms with Crippen LogP contribution in [0, 0.1) is 0 Å². The van der Waals surface area contributed by atoms with Gasteiger partial charge in [-0.2, -0.15) is 0 Å². The van der Waals surface area contributed by atoms with E-state index in [0.717, 1.165) is 0 Å². The fraction of sp³-hybridized carbons (Fsp3) is 0.267. The normalized spacial score (nSPS) is 10.5. The Morgan fingerprint density at radius 1 is 1.29 bits per heavy atom. The molecular weight excluding hydrogens is 272 g/mol. The monoisotopic (exact) mass is 288 g/mol.